The van der Waals surface area contributed by atoms with Gasteiger partial charge in [-0.3, -0.25) is 4.79 Å². The van der Waals surface area contributed by atoms with Gasteiger partial charge >= 0.3 is 0 Å². The summed E-state index contributed by atoms with van der Waals surface area (Å²) in [7, 11) is 0. The molecule has 0 saturated heterocycles. The summed E-state index contributed by atoms with van der Waals surface area (Å²) < 4.78 is 6.00. The molecule has 3 nitrogen and oxygen atoms in total. The van der Waals surface area contributed by atoms with Crippen molar-refractivity contribution < 1.29 is 9.53 Å². The lowest BCUT2D eigenvalue weighted by atomic mass is 10.0. The summed E-state index contributed by atoms with van der Waals surface area (Å²) in [6, 6.07) is 32.6. The third-order valence-electron chi connectivity index (χ3n) is 4.84. The molecule has 0 radical (unpaired) electrons. The number of rotatable bonds is 6. The number of hydrogen-bond donors (Lipinski definition) is 0. The van der Waals surface area contributed by atoms with E-state index >= 15 is 0 Å². The highest BCUT2D eigenvalue weighted by atomic mass is 16.5. The molecule has 0 N–H and O–H groups in total. The molecular formula is C27H19NO2. The van der Waals surface area contributed by atoms with Crippen molar-refractivity contribution in [3.8, 4) is 11.8 Å². The summed E-state index contributed by atoms with van der Waals surface area (Å²) in [4.78, 5) is 12.6. The average molecular weight is 389 g/mol. The van der Waals surface area contributed by atoms with Crippen LogP contribution < -0.4 is 4.74 Å². The number of ketones is 1. The van der Waals surface area contributed by atoms with Crippen LogP contribution in [0.15, 0.2) is 103 Å². The molecule has 0 heterocycles. The molecule has 144 valence electrons. The maximum Gasteiger partial charge on any atom is 0.203 e. The highest BCUT2D eigenvalue weighted by molar-refractivity contribution is 6.14. The van der Waals surface area contributed by atoms with E-state index in [9.17, 15) is 10.1 Å². The molecule has 0 aliphatic rings. The number of benzene rings is 4. The van der Waals surface area contributed by atoms with Gasteiger partial charge in [-0.25, -0.2) is 0 Å². The molecule has 0 fully saturated rings. The Bertz CT molecular complexity index is 1260. The first kappa shape index (κ1) is 19.2. The molecule has 0 spiro atoms. The van der Waals surface area contributed by atoms with E-state index in [0.29, 0.717) is 17.9 Å². The predicted molar refractivity (Wildman–Crippen MR) is 119 cm³/mol. The van der Waals surface area contributed by atoms with Gasteiger partial charge in [-0.2, -0.15) is 5.26 Å². The molecule has 4 aromatic rings. The zero-order chi connectivity index (χ0) is 20.8. The van der Waals surface area contributed by atoms with Crippen LogP contribution in [0.5, 0.6) is 5.75 Å². The first-order chi connectivity index (χ1) is 14.7. The molecule has 0 saturated carbocycles. The Kier molecular flexibility index (Phi) is 5.68. The quantitative estimate of drug-likeness (QED) is 0.224. The highest BCUT2D eigenvalue weighted by Crippen LogP contribution is 2.22. The van der Waals surface area contributed by atoms with E-state index in [0.717, 1.165) is 16.5 Å². The fourth-order valence-electron chi connectivity index (χ4n) is 3.33. The number of carbonyl (C=O) groups excluding carboxylic acids is 1. The third-order valence-corrected chi connectivity index (χ3v) is 4.84. The molecule has 0 aromatic heterocycles. The topological polar surface area (TPSA) is 50.1 Å². The third kappa shape index (κ3) is 4.29. The van der Waals surface area contributed by atoms with Crippen molar-refractivity contribution in [2.75, 3.05) is 0 Å². The number of fused-ring (bicyclic) bond motifs is 1. The van der Waals surface area contributed by atoms with Gasteiger partial charge in [0.25, 0.3) is 0 Å². The van der Waals surface area contributed by atoms with Crippen LogP contribution in [0.4, 0.5) is 0 Å². The molecular weight excluding hydrogens is 370 g/mol. The number of ether oxygens (including phenoxy) is 1. The van der Waals surface area contributed by atoms with Gasteiger partial charge in [-0.05, 0) is 40.1 Å². The van der Waals surface area contributed by atoms with Gasteiger partial charge in [0.1, 0.15) is 24.0 Å². The van der Waals surface area contributed by atoms with Gasteiger partial charge in [0.15, 0.2) is 0 Å². The largest absolute Gasteiger partial charge is 0.489 e. The van der Waals surface area contributed by atoms with Crippen LogP contribution in [0, 0.1) is 11.3 Å². The van der Waals surface area contributed by atoms with Crippen LogP contribution in [0.1, 0.15) is 21.5 Å². The molecule has 4 aromatic carbocycles. The Balaban J connectivity index is 1.54. The lowest BCUT2D eigenvalue weighted by molar-refractivity contribution is 0.104. The van der Waals surface area contributed by atoms with Crippen molar-refractivity contribution in [3.05, 3.63) is 119 Å². The van der Waals surface area contributed by atoms with E-state index in [1.54, 1.807) is 30.3 Å². The summed E-state index contributed by atoms with van der Waals surface area (Å²) in [6.45, 7) is 0.433. The Morgan fingerprint density at radius 3 is 2.43 bits per heavy atom. The zero-order valence-corrected chi connectivity index (χ0v) is 16.3. The van der Waals surface area contributed by atoms with Crippen LogP contribution in [0.25, 0.3) is 16.8 Å². The van der Waals surface area contributed by atoms with Gasteiger partial charge < -0.3 is 4.74 Å². The lowest BCUT2D eigenvalue weighted by Crippen LogP contribution is -2.01. The van der Waals surface area contributed by atoms with Crippen molar-refractivity contribution >= 4 is 22.6 Å². The summed E-state index contributed by atoms with van der Waals surface area (Å²) in [6.07, 6.45) is 1.60. The van der Waals surface area contributed by atoms with Crippen LogP contribution in [-0.2, 0) is 6.61 Å². The molecule has 0 aliphatic carbocycles. The Hall–Kier alpha value is -4.16. The minimum Gasteiger partial charge on any atom is -0.489 e. The number of nitrogens with zero attached hydrogens (tertiary/aromatic N) is 1. The molecule has 0 amide bonds. The molecule has 30 heavy (non-hydrogen) atoms. The second-order valence-electron chi connectivity index (χ2n) is 6.86. The Labute approximate surface area is 175 Å². The fraction of sp³-hybridized carbons (Fsp3) is 0.0370. The maximum atomic E-state index is 12.6. The lowest BCUT2D eigenvalue weighted by Gasteiger charge is -2.10. The van der Waals surface area contributed by atoms with E-state index in [4.69, 9.17) is 4.74 Å². The van der Waals surface area contributed by atoms with E-state index < -0.39 is 0 Å². The predicted octanol–water partition coefficient (Wildman–Crippen LogP) is 6.21. The van der Waals surface area contributed by atoms with Gasteiger partial charge in [0.05, 0.1) is 0 Å². The number of Topliss-reactive ketones (excluding diaryl/α,β-unsaturated/α-hetero) is 1. The van der Waals surface area contributed by atoms with Crippen molar-refractivity contribution in [1.29, 1.82) is 5.26 Å². The standard InChI is InChI=1S/C27H19NO2/c28-18-24(27(29)22-10-2-1-3-11-22)16-20-8-6-14-25(17-20)30-19-23-13-7-12-21-9-4-5-15-26(21)23/h1-17H,19H2/b24-16-. The zero-order valence-electron chi connectivity index (χ0n) is 16.3. The summed E-state index contributed by atoms with van der Waals surface area (Å²) >= 11 is 0. The summed E-state index contributed by atoms with van der Waals surface area (Å²) in [5.74, 6) is 0.390. The number of hydrogen-bond acceptors (Lipinski definition) is 3. The maximum absolute atomic E-state index is 12.6. The molecule has 0 unspecified atom stereocenters. The molecule has 0 bridgehead atoms. The first-order valence-electron chi connectivity index (χ1n) is 9.65. The minimum absolute atomic E-state index is 0.0902. The second kappa shape index (κ2) is 8.89. The number of nitriles is 1. The smallest absolute Gasteiger partial charge is 0.203 e. The van der Waals surface area contributed by atoms with Gasteiger partial charge in [-0.15, -0.1) is 0 Å². The second-order valence-corrected chi connectivity index (χ2v) is 6.86. The summed E-state index contributed by atoms with van der Waals surface area (Å²) in [5.41, 5.74) is 2.43. The van der Waals surface area contributed by atoms with Gasteiger partial charge in [0, 0.05) is 5.56 Å². The van der Waals surface area contributed by atoms with Crippen molar-refractivity contribution in [3.63, 3.8) is 0 Å². The minimum atomic E-state index is -0.292. The average Bonchev–Trinajstić information content (AvgIpc) is 2.81. The summed E-state index contributed by atoms with van der Waals surface area (Å²) in [5, 5.41) is 11.8. The van der Waals surface area contributed by atoms with Crippen LogP contribution in [0.3, 0.4) is 0 Å². The SMILES string of the molecule is N#C/C(=C/c1cccc(OCc2cccc3ccccc23)c1)C(=O)c1ccccc1. The van der Waals surface area contributed by atoms with E-state index in [1.165, 1.54) is 5.39 Å². The van der Waals surface area contributed by atoms with Gasteiger partial charge in [0.2, 0.25) is 5.78 Å². The molecule has 4 rings (SSSR count). The van der Waals surface area contributed by atoms with Crippen LogP contribution in [0.2, 0.25) is 0 Å². The van der Waals surface area contributed by atoms with Crippen molar-refractivity contribution in [2.45, 2.75) is 6.61 Å². The number of carbonyl (C=O) groups is 1. The fourth-order valence-corrected chi connectivity index (χ4v) is 3.33. The normalized spacial score (nSPS) is 11.1. The molecule has 3 heteroatoms. The van der Waals surface area contributed by atoms with E-state index in [-0.39, 0.29) is 11.4 Å². The number of allylic oxidation sites excluding steroid dienone is 1. The van der Waals surface area contributed by atoms with Crippen molar-refractivity contribution in [1.82, 2.24) is 0 Å². The van der Waals surface area contributed by atoms with Crippen LogP contribution in [-0.4, -0.2) is 5.78 Å². The molecule has 0 atom stereocenters. The highest BCUT2D eigenvalue weighted by Gasteiger charge is 2.11. The van der Waals surface area contributed by atoms with E-state index in [2.05, 4.69) is 24.3 Å². The van der Waals surface area contributed by atoms with Crippen molar-refractivity contribution in [2.24, 2.45) is 0 Å². The van der Waals surface area contributed by atoms with Gasteiger partial charge in [-0.1, -0.05) is 84.9 Å². The first-order valence-corrected chi connectivity index (χ1v) is 9.65. The monoisotopic (exact) mass is 389 g/mol. The van der Waals surface area contributed by atoms with Crippen LogP contribution >= 0.6 is 0 Å². The van der Waals surface area contributed by atoms with E-state index in [1.807, 2.05) is 54.6 Å². The Morgan fingerprint density at radius 2 is 1.60 bits per heavy atom. The Morgan fingerprint density at radius 1 is 0.867 bits per heavy atom. The molecule has 0 aliphatic heterocycles.